The molecule has 2 aliphatic heterocycles. The molecular formula is C25H38N4O4S. The molecule has 5 unspecified atom stereocenters. The van der Waals surface area contributed by atoms with Crippen molar-refractivity contribution >= 4 is 29.1 Å². The van der Waals surface area contributed by atoms with Gasteiger partial charge < -0.3 is 25.6 Å². The molecule has 0 radical (unpaired) electrons. The molecule has 1 aliphatic carbocycles. The van der Waals surface area contributed by atoms with Gasteiger partial charge in [0.15, 0.2) is 0 Å². The minimum absolute atomic E-state index is 0.00404. The molecule has 1 aromatic heterocycles. The maximum atomic E-state index is 13.4. The Morgan fingerprint density at radius 3 is 2.71 bits per heavy atom. The zero-order valence-corrected chi connectivity index (χ0v) is 20.9. The summed E-state index contributed by atoms with van der Waals surface area (Å²) in [5.74, 6) is 0.674. The lowest BCUT2D eigenvalue weighted by Gasteiger charge is -2.30. The predicted octanol–water partition coefficient (Wildman–Crippen LogP) is 2.24. The van der Waals surface area contributed by atoms with Gasteiger partial charge in [0.25, 0.3) is 5.91 Å². The topological polar surface area (TPSA) is 105 Å². The first-order valence-corrected chi connectivity index (χ1v) is 13.5. The lowest BCUT2D eigenvalue weighted by atomic mass is 9.81. The van der Waals surface area contributed by atoms with Crippen LogP contribution in [0.15, 0.2) is 17.5 Å². The van der Waals surface area contributed by atoms with Crippen molar-refractivity contribution in [1.82, 2.24) is 15.1 Å². The Hall–Kier alpha value is -1.97. The molecule has 8 nitrogen and oxygen atoms in total. The van der Waals surface area contributed by atoms with Gasteiger partial charge in [-0.2, -0.15) is 0 Å². The van der Waals surface area contributed by atoms with Crippen LogP contribution in [-0.2, 0) is 14.3 Å². The lowest BCUT2D eigenvalue weighted by molar-refractivity contribution is -0.137. The third-order valence-corrected chi connectivity index (χ3v) is 8.49. The molecule has 2 saturated heterocycles. The third kappa shape index (κ3) is 5.98. The standard InChI is InChI=1S/C25H38N4O4S/c1-17(30)28-15-20(12-22(28)24(31)27-14-19-6-2-5-18(11-19)13-26)29(16-21-7-3-9-33-21)25(32)23-8-4-10-34-23/h4,8,10,18-22H,2-3,5-7,9,11-16,26H2,1H3,(H,27,31). The van der Waals surface area contributed by atoms with Gasteiger partial charge in [0, 0.05) is 33.2 Å². The largest absolute Gasteiger partial charge is 0.376 e. The normalized spacial score (nSPS) is 29.2. The molecule has 9 heteroatoms. The van der Waals surface area contributed by atoms with Crippen molar-refractivity contribution in [3.05, 3.63) is 22.4 Å². The molecule has 3 fully saturated rings. The van der Waals surface area contributed by atoms with Gasteiger partial charge in [-0.1, -0.05) is 12.5 Å². The number of thiophene rings is 1. The van der Waals surface area contributed by atoms with E-state index in [2.05, 4.69) is 5.32 Å². The molecule has 3 amide bonds. The molecule has 34 heavy (non-hydrogen) atoms. The Balaban J connectivity index is 1.43. The second-order valence-electron chi connectivity index (χ2n) is 10.0. The predicted molar refractivity (Wildman–Crippen MR) is 131 cm³/mol. The summed E-state index contributed by atoms with van der Waals surface area (Å²) < 4.78 is 5.82. The number of nitrogens with one attached hydrogen (secondary N) is 1. The summed E-state index contributed by atoms with van der Waals surface area (Å²) in [5, 5.41) is 5.01. The monoisotopic (exact) mass is 490 g/mol. The molecule has 1 aromatic rings. The van der Waals surface area contributed by atoms with Crippen LogP contribution in [0.25, 0.3) is 0 Å². The van der Waals surface area contributed by atoms with E-state index in [1.54, 1.807) is 4.90 Å². The maximum absolute atomic E-state index is 13.4. The molecule has 0 aromatic carbocycles. The molecule has 3 N–H and O–H groups in total. The first kappa shape index (κ1) is 25.1. The van der Waals surface area contributed by atoms with Crippen molar-refractivity contribution in [2.75, 3.05) is 32.8 Å². The Kier molecular flexibility index (Phi) is 8.60. The Morgan fingerprint density at radius 1 is 1.21 bits per heavy atom. The van der Waals surface area contributed by atoms with Crippen LogP contribution in [0.2, 0.25) is 0 Å². The lowest BCUT2D eigenvalue weighted by Crippen LogP contribution is -2.46. The van der Waals surface area contributed by atoms with Crippen molar-refractivity contribution in [2.24, 2.45) is 17.6 Å². The molecule has 1 saturated carbocycles. The first-order valence-electron chi connectivity index (χ1n) is 12.7. The second kappa shape index (κ2) is 11.6. The molecule has 3 aliphatic rings. The summed E-state index contributed by atoms with van der Waals surface area (Å²) in [5.41, 5.74) is 5.86. The van der Waals surface area contributed by atoms with Crippen LogP contribution < -0.4 is 11.1 Å². The van der Waals surface area contributed by atoms with Gasteiger partial charge in [-0.3, -0.25) is 14.4 Å². The van der Waals surface area contributed by atoms with Crippen molar-refractivity contribution in [2.45, 2.75) is 70.1 Å². The number of carbonyl (C=O) groups is 3. The van der Waals surface area contributed by atoms with Crippen LogP contribution >= 0.6 is 11.3 Å². The van der Waals surface area contributed by atoms with Crippen molar-refractivity contribution in [3.8, 4) is 0 Å². The number of amides is 3. The number of hydrogen-bond donors (Lipinski definition) is 2. The van der Waals surface area contributed by atoms with Crippen LogP contribution in [0.3, 0.4) is 0 Å². The summed E-state index contributed by atoms with van der Waals surface area (Å²) >= 11 is 1.42. The van der Waals surface area contributed by atoms with Gasteiger partial charge in [-0.05, 0) is 68.4 Å². The number of ether oxygens (including phenoxy) is 1. The zero-order valence-electron chi connectivity index (χ0n) is 20.1. The fraction of sp³-hybridized carbons (Fsp3) is 0.720. The number of rotatable bonds is 8. The van der Waals surface area contributed by atoms with Gasteiger partial charge >= 0.3 is 0 Å². The minimum atomic E-state index is -0.556. The molecule has 0 bridgehead atoms. The van der Waals surface area contributed by atoms with Crippen LogP contribution in [0, 0.1) is 11.8 Å². The van der Waals surface area contributed by atoms with Crippen LogP contribution in [0.1, 0.15) is 61.5 Å². The molecule has 0 spiro atoms. The van der Waals surface area contributed by atoms with Crippen molar-refractivity contribution in [1.29, 1.82) is 0 Å². The van der Waals surface area contributed by atoms with E-state index in [-0.39, 0.29) is 29.9 Å². The van der Waals surface area contributed by atoms with E-state index >= 15 is 0 Å². The second-order valence-corrected chi connectivity index (χ2v) is 11.0. The summed E-state index contributed by atoms with van der Waals surface area (Å²) in [4.78, 5) is 43.2. The van der Waals surface area contributed by atoms with E-state index in [1.165, 1.54) is 24.7 Å². The van der Waals surface area contributed by atoms with Gasteiger partial charge in [-0.25, -0.2) is 0 Å². The fourth-order valence-electron chi connectivity index (χ4n) is 5.75. The fourth-order valence-corrected chi connectivity index (χ4v) is 6.43. The van der Waals surface area contributed by atoms with Gasteiger partial charge in [-0.15, -0.1) is 11.3 Å². The van der Waals surface area contributed by atoms with E-state index < -0.39 is 6.04 Å². The smallest absolute Gasteiger partial charge is 0.264 e. The zero-order chi connectivity index (χ0) is 24.1. The average molecular weight is 491 g/mol. The number of carbonyl (C=O) groups excluding carboxylic acids is 3. The highest BCUT2D eigenvalue weighted by Crippen LogP contribution is 2.29. The highest BCUT2D eigenvalue weighted by molar-refractivity contribution is 7.12. The minimum Gasteiger partial charge on any atom is -0.376 e. The highest BCUT2D eigenvalue weighted by Gasteiger charge is 2.43. The third-order valence-electron chi connectivity index (χ3n) is 7.63. The Bertz CT molecular complexity index is 842. The van der Waals surface area contributed by atoms with E-state index in [1.807, 2.05) is 22.4 Å². The van der Waals surface area contributed by atoms with Gasteiger partial charge in [0.05, 0.1) is 17.0 Å². The van der Waals surface area contributed by atoms with E-state index in [0.29, 0.717) is 55.9 Å². The number of hydrogen-bond acceptors (Lipinski definition) is 6. The summed E-state index contributed by atoms with van der Waals surface area (Å²) in [7, 11) is 0. The van der Waals surface area contributed by atoms with Crippen LogP contribution in [-0.4, -0.2) is 78.5 Å². The molecular weight excluding hydrogens is 452 g/mol. The Labute approximate surface area is 206 Å². The van der Waals surface area contributed by atoms with Crippen LogP contribution in [0.5, 0.6) is 0 Å². The number of nitrogens with two attached hydrogens (primary N) is 1. The number of likely N-dealkylation sites (tertiary alicyclic amines) is 1. The summed E-state index contributed by atoms with van der Waals surface area (Å²) in [6.45, 7) is 4.40. The number of nitrogens with zero attached hydrogens (tertiary/aromatic N) is 2. The van der Waals surface area contributed by atoms with Crippen molar-refractivity contribution in [3.63, 3.8) is 0 Å². The average Bonchev–Trinajstić information content (AvgIpc) is 3.62. The van der Waals surface area contributed by atoms with Gasteiger partial charge in [0.1, 0.15) is 6.04 Å². The summed E-state index contributed by atoms with van der Waals surface area (Å²) in [6, 6.07) is 2.93. The maximum Gasteiger partial charge on any atom is 0.264 e. The molecule has 188 valence electrons. The first-order chi connectivity index (χ1) is 16.5. The quantitative estimate of drug-likeness (QED) is 0.582. The molecule has 5 atom stereocenters. The summed E-state index contributed by atoms with van der Waals surface area (Å²) in [6.07, 6.45) is 6.84. The van der Waals surface area contributed by atoms with E-state index in [4.69, 9.17) is 10.5 Å². The van der Waals surface area contributed by atoms with Crippen LogP contribution in [0.4, 0.5) is 0 Å². The molecule has 4 rings (SSSR count). The highest BCUT2D eigenvalue weighted by atomic mass is 32.1. The van der Waals surface area contributed by atoms with Crippen molar-refractivity contribution < 1.29 is 19.1 Å². The Morgan fingerprint density at radius 2 is 2.03 bits per heavy atom. The molecule has 3 heterocycles. The van der Waals surface area contributed by atoms with E-state index in [9.17, 15) is 14.4 Å². The van der Waals surface area contributed by atoms with E-state index in [0.717, 1.165) is 32.1 Å². The SMILES string of the molecule is CC(=O)N1CC(N(CC2CCCO2)C(=O)c2cccs2)CC1C(=O)NCC1CCCC(CN)C1. The van der Waals surface area contributed by atoms with Gasteiger partial charge in [0.2, 0.25) is 11.8 Å².